The third-order valence-electron chi connectivity index (χ3n) is 2.87. The van der Waals surface area contributed by atoms with Crippen LogP contribution < -0.4 is 10.6 Å². The molecule has 0 saturated heterocycles. The van der Waals surface area contributed by atoms with Crippen molar-refractivity contribution < 1.29 is 14.3 Å². The van der Waals surface area contributed by atoms with Gasteiger partial charge in [0.2, 0.25) is 5.91 Å². The van der Waals surface area contributed by atoms with Crippen LogP contribution in [0.4, 0.5) is 10.5 Å². The predicted molar refractivity (Wildman–Crippen MR) is 96.3 cm³/mol. The minimum atomic E-state index is -0.507. The first kappa shape index (κ1) is 18.1. The number of thioether (sulfide) groups is 1. The van der Waals surface area contributed by atoms with Gasteiger partial charge >= 0.3 is 6.09 Å². The van der Waals surface area contributed by atoms with Crippen molar-refractivity contribution in [3.8, 4) is 0 Å². The number of alkyl carbamates (subject to hydrolysis) is 1. The molecule has 0 fully saturated rings. The summed E-state index contributed by atoms with van der Waals surface area (Å²) < 4.78 is 5.13. The van der Waals surface area contributed by atoms with Crippen LogP contribution >= 0.6 is 11.8 Å². The fourth-order valence-corrected chi connectivity index (χ4v) is 2.56. The average Bonchev–Trinajstić information content (AvgIpc) is 2.92. The number of rotatable bonds is 6. The molecule has 1 heterocycles. The zero-order chi connectivity index (χ0) is 17.6. The smallest absolute Gasteiger partial charge is 0.407 e. The van der Waals surface area contributed by atoms with Gasteiger partial charge in [0.15, 0.2) is 0 Å². The van der Waals surface area contributed by atoms with E-state index in [1.807, 2.05) is 39.0 Å². The van der Waals surface area contributed by atoms with Crippen molar-refractivity contribution in [2.24, 2.45) is 0 Å². The van der Waals surface area contributed by atoms with Crippen molar-refractivity contribution in [1.82, 2.24) is 15.5 Å². The van der Waals surface area contributed by atoms with Gasteiger partial charge in [0.25, 0.3) is 0 Å². The van der Waals surface area contributed by atoms with Crippen molar-refractivity contribution >= 4 is 40.4 Å². The number of hydrogen-bond donors (Lipinski definition) is 3. The Bertz CT molecular complexity index is 709. The fourth-order valence-electron chi connectivity index (χ4n) is 1.92. The highest BCUT2D eigenvalue weighted by molar-refractivity contribution is 7.99. The van der Waals surface area contributed by atoms with Gasteiger partial charge in [-0.15, -0.1) is 0 Å². The van der Waals surface area contributed by atoms with Gasteiger partial charge in [-0.3, -0.25) is 9.89 Å². The summed E-state index contributed by atoms with van der Waals surface area (Å²) in [5.41, 5.74) is 1.10. The first-order valence-corrected chi connectivity index (χ1v) is 8.76. The molecule has 0 bridgehead atoms. The van der Waals surface area contributed by atoms with Crippen LogP contribution in [0.1, 0.15) is 20.8 Å². The molecule has 130 valence electrons. The van der Waals surface area contributed by atoms with Crippen LogP contribution in [-0.4, -0.2) is 45.8 Å². The first-order chi connectivity index (χ1) is 11.3. The number of nitrogens with zero attached hydrogens (tertiary/aromatic N) is 1. The zero-order valence-electron chi connectivity index (χ0n) is 14.0. The number of hydrogen-bond acceptors (Lipinski definition) is 5. The lowest BCUT2D eigenvalue weighted by Crippen LogP contribution is -2.33. The maximum atomic E-state index is 11.9. The van der Waals surface area contributed by atoms with E-state index in [9.17, 15) is 9.59 Å². The van der Waals surface area contributed by atoms with Crippen molar-refractivity contribution in [3.05, 3.63) is 24.4 Å². The largest absolute Gasteiger partial charge is 0.444 e. The van der Waals surface area contributed by atoms with E-state index in [0.717, 1.165) is 16.6 Å². The highest BCUT2D eigenvalue weighted by Gasteiger charge is 2.15. The van der Waals surface area contributed by atoms with Crippen molar-refractivity contribution in [3.63, 3.8) is 0 Å². The number of amides is 2. The van der Waals surface area contributed by atoms with Crippen LogP contribution in [0.25, 0.3) is 10.9 Å². The van der Waals surface area contributed by atoms with Crippen LogP contribution in [0, 0.1) is 0 Å². The Labute approximate surface area is 144 Å². The van der Waals surface area contributed by atoms with Crippen molar-refractivity contribution in [2.45, 2.75) is 26.4 Å². The maximum absolute atomic E-state index is 11.9. The van der Waals surface area contributed by atoms with Gasteiger partial charge in [-0.2, -0.15) is 16.9 Å². The molecule has 3 N–H and O–H groups in total. The quantitative estimate of drug-likeness (QED) is 0.696. The summed E-state index contributed by atoms with van der Waals surface area (Å²) in [5.74, 6) is 0.861. The number of aromatic nitrogens is 2. The summed E-state index contributed by atoms with van der Waals surface area (Å²) >= 11 is 1.44. The highest BCUT2D eigenvalue weighted by Crippen LogP contribution is 2.16. The molecule has 0 spiro atoms. The molecule has 0 aliphatic heterocycles. The lowest BCUT2D eigenvalue weighted by molar-refractivity contribution is -0.113. The summed E-state index contributed by atoms with van der Waals surface area (Å²) in [7, 11) is 0. The summed E-state index contributed by atoms with van der Waals surface area (Å²) in [6, 6.07) is 5.58. The molecule has 0 aliphatic carbocycles. The number of benzene rings is 1. The Balaban J connectivity index is 1.64. The summed E-state index contributed by atoms with van der Waals surface area (Å²) in [5, 5.41) is 13.3. The summed E-state index contributed by atoms with van der Waals surface area (Å²) in [6.45, 7) is 5.89. The van der Waals surface area contributed by atoms with Crippen LogP contribution in [0.2, 0.25) is 0 Å². The minimum absolute atomic E-state index is 0.0869. The van der Waals surface area contributed by atoms with E-state index < -0.39 is 11.7 Å². The minimum Gasteiger partial charge on any atom is -0.444 e. The number of carbonyl (C=O) groups is 2. The molecule has 0 atom stereocenters. The molecule has 0 radical (unpaired) electrons. The Kier molecular flexibility index (Phi) is 6.08. The first-order valence-electron chi connectivity index (χ1n) is 7.61. The molecule has 8 heteroatoms. The van der Waals surface area contributed by atoms with Gasteiger partial charge in [-0.1, -0.05) is 0 Å². The second kappa shape index (κ2) is 8.05. The lowest BCUT2D eigenvalue weighted by atomic mass is 10.2. The van der Waals surface area contributed by atoms with E-state index in [0.29, 0.717) is 18.1 Å². The maximum Gasteiger partial charge on any atom is 0.407 e. The van der Waals surface area contributed by atoms with E-state index in [1.54, 1.807) is 6.20 Å². The predicted octanol–water partition coefficient (Wildman–Crippen LogP) is 2.76. The number of H-pyrrole nitrogens is 1. The van der Waals surface area contributed by atoms with Gasteiger partial charge in [0.05, 0.1) is 17.5 Å². The van der Waals surface area contributed by atoms with Crippen molar-refractivity contribution in [2.75, 3.05) is 23.4 Å². The van der Waals surface area contributed by atoms with Crippen LogP contribution in [0.3, 0.4) is 0 Å². The van der Waals surface area contributed by atoms with E-state index in [4.69, 9.17) is 4.74 Å². The van der Waals surface area contributed by atoms with Crippen molar-refractivity contribution in [1.29, 1.82) is 0 Å². The number of fused-ring (bicyclic) bond motifs is 1. The molecular formula is C16H22N4O3S. The number of anilines is 1. The van der Waals surface area contributed by atoms with E-state index >= 15 is 0 Å². The average molecular weight is 350 g/mol. The second-order valence-electron chi connectivity index (χ2n) is 6.20. The number of ether oxygens (including phenoxy) is 1. The Morgan fingerprint density at radius 3 is 2.88 bits per heavy atom. The summed E-state index contributed by atoms with van der Waals surface area (Å²) in [6.07, 6.45) is 1.29. The van der Waals surface area contributed by atoms with Crippen LogP contribution in [0.5, 0.6) is 0 Å². The van der Waals surface area contributed by atoms with E-state index in [1.165, 1.54) is 11.8 Å². The SMILES string of the molecule is CC(C)(C)OC(=O)NCCSCC(=O)Nc1ccc2cn[nH]c2c1. The molecule has 2 amide bonds. The number of aromatic amines is 1. The molecule has 2 rings (SSSR count). The third-order valence-corrected chi connectivity index (χ3v) is 3.83. The monoisotopic (exact) mass is 350 g/mol. The van der Waals surface area contributed by atoms with Crippen LogP contribution in [-0.2, 0) is 9.53 Å². The molecule has 2 aromatic rings. The zero-order valence-corrected chi connectivity index (χ0v) is 14.8. The molecule has 1 aromatic heterocycles. The normalized spacial score (nSPS) is 11.3. The second-order valence-corrected chi connectivity index (χ2v) is 7.31. The Morgan fingerprint density at radius 2 is 2.12 bits per heavy atom. The van der Waals surface area contributed by atoms with Gasteiger partial charge < -0.3 is 15.4 Å². The fraction of sp³-hybridized carbons (Fsp3) is 0.438. The highest BCUT2D eigenvalue weighted by atomic mass is 32.2. The Morgan fingerprint density at radius 1 is 1.33 bits per heavy atom. The molecule has 7 nitrogen and oxygen atoms in total. The summed E-state index contributed by atoms with van der Waals surface area (Å²) in [4.78, 5) is 23.4. The topological polar surface area (TPSA) is 96.1 Å². The Hall–Kier alpha value is -2.22. The third kappa shape index (κ3) is 6.11. The lowest BCUT2D eigenvalue weighted by Gasteiger charge is -2.19. The van der Waals surface area contributed by atoms with Crippen LogP contribution in [0.15, 0.2) is 24.4 Å². The van der Waals surface area contributed by atoms with E-state index in [-0.39, 0.29) is 5.91 Å². The van der Waals surface area contributed by atoms with Gasteiger partial charge in [0, 0.05) is 23.4 Å². The standard InChI is InChI=1S/C16H22N4O3S/c1-16(2,3)23-15(22)17-6-7-24-10-14(21)19-12-5-4-11-9-18-20-13(11)8-12/h4-5,8-9H,6-7,10H2,1-3H3,(H,17,22)(H,18,20)(H,19,21). The molecule has 0 saturated carbocycles. The van der Waals surface area contributed by atoms with Gasteiger partial charge in [0.1, 0.15) is 5.60 Å². The molecule has 0 unspecified atom stereocenters. The number of nitrogens with one attached hydrogen (secondary N) is 3. The molecular weight excluding hydrogens is 328 g/mol. The molecule has 24 heavy (non-hydrogen) atoms. The van der Waals surface area contributed by atoms with Gasteiger partial charge in [-0.25, -0.2) is 4.79 Å². The molecule has 0 aliphatic rings. The van der Waals surface area contributed by atoms with Gasteiger partial charge in [-0.05, 0) is 39.0 Å². The van der Waals surface area contributed by atoms with E-state index in [2.05, 4.69) is 20.8 Å². The molecule has 1 aromatic carbocycles. The number of carbonyl (C=O) groups excluding carboxylic acids is 2.